The second kappa shape index (κ2) is 10.5. The Hall–Kier alpha value is -2.04. The summed E-state index contributed by atoms with van der Waals surface area (Å²) in [7, 11) is 0. The van der Waals surface area contributed by atoms with E-state index in [9.17, 15) is 9.59 Å². The molecule has 154 valence electrons. The maximum absolute atomic E-state index is 12.4. The molecular formula is C23H34N2O3. The van der Waals surface area contributed by atoms with E-state index in [0.29, 0.717) is 13.1 Å². The zero-order valence-corrected chi connectivity index (χ0v) is 17.1. The molecule has 3 rings (SSSR count). The molecule has 0 atom stereocenters. The van der Waals surface area contributed by atoms with E-state index in [-0.39, 0.29) is 30.4 Å². The van der Waals surface area contributed by atoms with Crippen LogP contribution in [0.25, 0.3) is 0 Å². The second-order valence-corrected chi connectivity index (χ2v) is 8.18. The number of nitrogens with zero attached hydrogens (tertiary/aromatic N) is 1. The first kappa shape index (κ1) is 20.7. The standard InChI is InChI=1S/C23H34N2O3/c1-2-6-18-9-11-21(12-10-18)28-17-22(26)25-15-13-20(14-16-25)24-23(27)19-7-4-3-5-8-19/h9-12,19-20H,2-8,13-17H2,1H3,(H,24,27). The lowest BCUT2D eigenvalue weighted by Crippen LogP contribution is -2.48. The van der Waals surface area contributed by atoms with Gasteiger partial charge in [-0.05, 0) is 49.8 Å². The van der Waals surface area contributed by atoms with Crippen LogP contribution in [0.5, 0.6) is 5.75 Å². The summed E-state index contributed by atoms with van der Waals surface area (Å²) in [6.45, 7) is 3.61. The molecule has 0 unspecified atom stereocenters. The van der Waals surface area contributed by atoms with E-state index in [4.69, 9.17) is 4.74 Å². The number of rotatable bonds is 7. The van der Waals surface area contributed by atoms with Crippen molar-refractivity contribution in [2.24, 2.45) is 5.92 Å². The van der Waals surface area contributed by atoms with Gasteiger partial charge in [0, 0.05) is 25.0 Å². The summed E-state index contributed by atoms with van der Waals surface area (Å²) in [5, 5.41) is 3.21. The first-order valence-electron chi connectivity index (χ1n) is 11.0. The predicted molar refractivity (Wildman–Crippen MR) is 110 cm³/mol. The molecule has 28 heavy (non-hydrogen) atoms. The highest BCUT2D eigenvalue weighted by molar-refractivity contribution is 5.79. The van der Waals surface area contributed by atoms with Crippen LogP contribution in [0, 0.1) is 5.92 Å². The zero-order valence-electron chi connectivity index (χ0n) is 17.1. The second-order valence-electron chi connectivity index (χ2n) is 8.18. The third-order valence-corrected chi connectivity index (χ3v) is 5.99. The Bertz CT molecular complexity index is 630. The first-order valence-corrected chi connectivity index (χ1v) is 11.0. The summed E-state index contributed by atoms with van der Waals surface area (Å²) in [5.41, 5.74) is 1.29. The topological polar surface area (TPSA) is 58.6 Å². The predicted octanol–water partition coefficient (Wildman–Crippen LogP) is 3.71. The minimum absolute atomic E-state index is 0.0229. The number of likely N-dealkylation sites (tertiary alicyclic amines) is 1. The van der Waals surface area contributed by atoms with Crippen LogP contribution in [0.4, 0.5) is 0 Å². The molecule has 5 nitrogen and oxygen atoms in total. The number of amides is 2. The van der Waals surface area contributed by atoms with Crippen molar-refractivity contribution in [3.05, 3.63) is 29.8 Å². The number of benzene rings is 1. The van der Waals surface area contributed by atoms with Crippen molar-refractivity contribution in [2.45, 2.75) is 70.8 Å². The Balaban J connectivity index is 1.36. The fraction of sp³-hybridized carbons (Fsp3) is 0.652. The Morgan fingerprint density at radius 2 is 1.71 bits per heavy atom. The van der Waals surface area contributed by atoms with Crippen LogP contribution in [0.2, 0.25) is 0 Å². The first-order chi connectivity index (χ1) is 13.7. The SMILES string of the molecule is CCCc1ccc(OCC(=O)N2CCC(NC(=O)C3CCCCC3)CC2)cc1. The molecule has 0 spiro atoms. The molecule has 0 bridgehead atoms. The summed E-state index contributed by atoms with van der Waals surface area (Å²) >= 11 is 0. The smallest absolute Gasteiger partial charge is 0.260 e. The summed E-state index contributed by atoms with van der Waals surface area (Å²) in [5.74, 6) is 1.18. The minimum atomic E-state index is 0.0229. The monoisotopic (exact) mass is 386 g/mol. The molecule has 1 aliphatic heterocycles. The normalized spacial score (nSPS) is 18.7. The largest absolute Gasteiger partial charge is 0.484 e. The molecule has 1 saturated heterocycles. The minimum Gasteiger partial charge on any atom is -0.484 e. The van der Waals surface area contributed by atoms with Gasteiger partial charge in [-0.15, -0.1) is 0 Å². The van der Waals surface area contributed by atoms with Crippen molar-refractivity contribution in [3.63, 3.8) is 0 Å². The number of aryl methyl sites for hydroxylation is 1. The number of nitrogens with one attached hydrogen (secondary N) is 1. The number of hydrogen-bond donors (Lipinski definition) is 1. The fourth-order valence-electron chi connectivity index (χ4n) is 4.23. The van der Waals surface area contributed by atoms with Crippen LogP contribution in [0.3, 0.4) is 0 Å². The highest BCUT2D eigenvalue weighted by atomic mass is 16.5. The highest BCUT2D eigenvalue weighted by Crippen LogP contribution is 2.24. The van der Waals surface area contributed by atoms with Crippen LogP contribution in [-0.4, -0.2) is 42.5 Å². The zero-order chi connectivity index (χ0) is 19.8. The Labute approximate surface area is 168 Å². The van der Waals surface area contributed by atoms with Gasteiger partial charge < -0.3 is 15.0 Å². The molecule has 5 heteroatoms. The van der Waals surface area contributed by atoms with Gasteiger partial charge in [0.25, 0.3) is 5.91 Å². The summed E-state index contributed by atoms with van der Waals surface area (Å²) in [6, 6.07) is 8.19. The van der Waals surface area contributed by atoms with Gasteiger partial charge in [0.1, 0.15) is 5.75 Å². The van der Waals surface area contributed by atoms with Crippen molar-refractivity contribution < 1.29 is 14.3 Å². The summed E-state index contributed by atoms with van der Waals surface area (Å²) < 4.78 is 5.66. The lowest BCUT2D eigenvalue weighted by atomic mass is 9.88. The van der Waals surface area contributed by atoms with Gasteiger partial charge in [0.2, 0.25) is 5.91 Å². The molecule has 1 aliphatic carbocycles. The molecule has 1 aromatic carbocycles. The molecule has 0 radical (unpaired) electrons. The average molecular weight is 387 g/mol. The molecule has 2 fully saturated rings. The Morgan fingerprint density at radius 1 is 1.04 bits per heavy atom. The van der Waals surface area contributed by atoms with E-state index in [1.54, 1.807) is 0 Å². The molecule has 2 aliphatic rings. The van der Waals surface area contributed by atoms with Gasteiger partial charge in [-0.2, -0.15) is 0 Å². The van der Waals surface area contributed by atoms with Gasteiger partial charge >= 0.3 is 0 Å². The molecule has 1 aromatic rings. The van der Waals surface area contributed by atoms with Crippen LogP contribution < -0.4 is 10.1 Å². The van der Waals surface area contributed by atoms with Crippen molar-refractivity contribution in [1.82, 2.24) is 10.2 Å². The van der Waals surface area contributed by atoms with Crippen LogP contribution in [0.15, 0.2) is 24.3 Å². The lowest BCUT2D eigenvalue weighted by molar-refractivity contribution is -0.134. The van der Waals surface area contributed by atoms with Crippen LogP contribution in [0.1, 0.15) is 63.9 Å². The third kappa shape index (κ3) is 5.98. The van der Waals surface area contributed by atoms with Crippen molar-refractivity contribution in [2.75, 3.05) is 19.7 Å². The lowest BCUT2D eigenvalue weighted by Gasteiger charge is -2.33. The Kier molecular flexibility index (Phi) is 7.75. The Morgan fingerprint density at radius 3 is 2.36 bits per heavy atom. The highest BCUT2D eigenvalue weighted by Gasteiger charge is 2.27. The third-order valence-electron chi connectivity index (χ3n) is 5.99. The quantitative estimate of drug-likeness (QED) is 0.777. The van der Waals surface area contributed by atoms with Gasteiger partial charge in [-0.1, -0.05) is 44.7 Å². The summed E-state index contributed by atoms with van der Waals surface area (Å²) in [6.07, 6.45) is 9.50. The molecule has 2 amide bonds. The van der Waals surface area contributed by atoms with Crippen LogP contribution >= 0.6 is 0 Å². The van der Waals surface area contributed by atoms with E-state index in [2.05, 4.69) is 24.4 Å². The van der Waals surface area contributed by atoms with Crippen molar-refractivity contribution >= 4 is 11.8 Å². The van der Waals surface area contributed by atoms with Gasteiger partial charge in [-0.25, -0.2) is 0 Å². The van der Waals surface area contributed by atoms with E-state index in [1.807, 2.05) is 17.0 Å². The molecular weight excluding hydrogens is 352 g/mol. The van der Waals surface area contributed by atoms with Crippen molar-refractivity contribution in [3.8, 4) is 5.75 Å². The fourth-order valence-corrected chi connectivity index (χ4v) is 4.23. The van der Waals surface area contributed by atoms with E-state index < -0.39 is 0 Å². The molecule has 1 saturated carbocycles. The molecule has 1 N–H and O–H groups in total. The number of piperidine rings is 1. The molecule has 0 aromatic heterocycles. The van der Waals surface area contributed by atoms with E-state index in [1.165, 1.54) is 24.8 Å². The number of carbonyl (C=O) groups is 2. The van der Waals surface area contributed by atoms with Gasteiger partial charge in [0.15, 0.2) is 6.61 Å². The molecule has 1 heterocycles. The van der Waals surface area contributed by atoms with Gasteiger partial charge in [0.05, 0.1) is 0 Å². The number of carbonyl (C=O) groups excluding carboxylic acids is 2. The number of ether oxygens (including phenoxy) is 1. The average Bonchev–Trinajstić information content (AvgIpc) is 2.74. The van der Waals surface area contributed by atoms with E-state index in [0.717, 1.165) is 44.3 Å². The maximum Gasteiger partial charge on any atom is 0.260 e. The number of hydrogen-bond acceptors (Lipinski definition) is 3. The van der Waals surface area contributed by atoms with Gasteiger partial charge in [-0.3, -0.25) is 9.59 Å². The van der Waals surface area contributed by atoms with E-state index >= 15 is 0 Å². The van der Waals surface area contributed by atoms with Crippen LogP contribution in [-0.2, 0) is 16.0 Å². The summed E-state index contributed by atoms with van der Waals surface area (Å²) in [4.78, 5) is 26.7. The maximum atomic E-state index is 12.4. The van der Waals surface area contributed by atoms with Crippen molar-refractivity contribution in [1.29, 1.82) is 0 Å².